The number of rotatable bonds is 4. The van der Waals surface area contributed by atoms with Crippen molar-refractivity contribution in [3.8, 4) is 5.69 Å². The van der Waals surface area contributed by atoms with Crippen LogP contribution < -0.4 is 10.6 Å². The first-order valence-electron chi connectivity index (χ1n) is 7.45. The van der Waals surface area contributed by atoms with Crippen LogP contribution in [0.5, 0.6) is 0 Å². The summed E-state index contributed by atoms with van der Waals surface area (Å²) in [6.07, 6.45) is 0. The number of hydrogen-bond acceptors (Lipinski definition) is 4. The standard InChI is InChI=1S/C16H20ClN5O2/c1-10-14(15(24)18-9-13(23)19-16(2,3)4)20-21-22(10)12-7-5-6-11(17)8-12/h5-8H,9H2,1-4H3,(H,18,24)(H,19,23). The fourth-order valence-electron chi connectivity index (χ4n) is 2.10. The number of carbonyl (C=O) groups is 2. The van der Waals surface area contributed by atoms with Crippen molar-refractivity contribution >= 4 is 23.4 Å². The Kier molecular flexibility index (Phi) is 5.23. The van der Waals surface area contributed by atoms with Gasteiger partial charge in [-0.2, -0.15) is 0 Å². The highest BCUT2D eigenvalue weighted by molar-refractivity contribution is 6.30. The highest BCUT2D eigenvalue weighted by Crippen LogP contribution is 2.16. The molecule has 0 saturated heterocycles. The van der Waals surface area contributed by atoms with E-state index >= 15 is 0 Å². The van der Waals surface area contributed by atoms with Gasteiger partial charge in [0.25, 0.3) is 5.91 Å². The predicted molar refractivity (Wildman–Crippen MR) is 91.3 cm³/mol. The molecule has 8 heteroatoms. The van der Waals surface area contributed by atoms with E-state index in [1.165, 1.54) is 4.68 Å². The molecule has 24 heavy (non-hydrogen) atoms. The Hall–Kier alpha value is -2.41. The Labute approximate surface area is 145 Å². The van der Waals surface area contributed by atoms with Crippen LogP contribution in [0.1, 0.15) is 37.0 Å². The number of halogens is 1. The Morgan fingerprint density at radius 1 is 1.29 bits per heavy atom. The van der Waals surface area contributed by atoms with E-state index in [-0.39, 0.29) is 23.7 Å². The average molecular weight is 350 g/mol. The molecule has 0 radical (unpaired) electrons. The molecule has 0 fully saturated rings. The SMILES string of the molecule is Cc1c(C(=O)NCC(=O)NC(C)(C)C)nnn1-c1cccc(Cl)c1. The number of carbonyl (C=O) groups excluding carboxylic acids is 2. The molecule has 0 saturated carbocycles. The highest BCUT2D eigenvalue weighted by atomic mass is 35.5. The van der Waals surface area contributed by atoms with Crippen LogP contribution >= 0.6 is 11.6 Å². The summed E-state index contributed by atoms with van der Waals surface area (Å²) >= 11 is 5.97. The summed E-state index contributed by atoms with van der Waals surface area (Å²) in [4.78, 5) is 24.0. The van der Waals surface area contributed by atoms with Gasteiger partial charge in [-0.25, -0.2) is 4.68 Å². The summed E-state index contributed by atoms with van der Waals surface area (Å²) < 4.78 is 1.52. The number of aromatic nitrogens is 3. The molecule has 1 aromatic carbocycles. The maximum absolute atomic E-state index is 12.2. The summed E-state index contributed by atoms with van der Waals surface area (Å²) in [6.45, 7) is 7.21. The summed E-state index contributed by atoms with van der Waals surface area (Å²) in [6, 6.07) is 7.07. The molecule has 2 rings (SSSR count). The summed E-state index contributed by atoms with van der Waals surface area (Å²) in [5.41, 5.74) is 1.08. The molecular weight excluding hydrogens is 330 g/mol. The highest BCUT2D eigenvalue weighted by Gasteiger charge is 2.19. The number of nitrogens with zero attached hydrogens (tertiary/aromatic N) is 3. The molecule has 0 aliphatic rings. The molecule has 0 aliphatic heterocycles. The van der Waals surface area contributed by atoms with Gasteiger partial charge in [-0.15, -0.1) is 5.10 Å². The second kappa shape index (κ2) is 7.00. The minimum Gasteiger partial charge on any atom is -0.350 e. The van der Waals surface area contributed by atoms with Crippen molar-refractivity contribution in [2.45, 2.75) is 33.2 Å². The molecule has 0 atom stereocenters. The van der Waals surface area contributed by atoms with Crippen LogP contribution in [0.4, 0.5) is 0 Å². The van der Waals surface area contributed by atoms with Crippen LogP contribution in [-0.2, 0) is 4.79 Å². The third-order valence-corrected chi connectivity index (χ3v) is 3.32. The summed E-state index contributed by atoms with van der Waals surface area (Å²) in [7, 11) is 0. The van der Waals surface area contributed by atoms with Crippen molar-refractivity contribution in [3.05, 3.63) is 40.7 Å². The van der Waals surface area contributed by atoms with E-state index in [9.17, 15) is 9.59 Å². The van der Waals surface area contributed by atoms with E-state index in [0.717, 1.165) is 0 Å². The second-order valence-corrected chi connectivity index (χ2v) is 6.83. The maximum Gasteiger partial charge on any atom is 0.274 e. The van der Waals surface area contributed by atoms with E-state index in [1.54, 1.807) is 25.1 Å². The molecule has 0 unspecified atom stereocenters. The first kappa shape index (κ1) is 17.9. The molecule has 7 nitrogen and oxygen atoms in total. The van der Waals surface area contributed by atoms with Crippen LogP contribution in [0.3, 0.4) is 0 Å². The zero-order chi connectivity index (χ0) is 17.9. The largest absolute Gasteiger partial charge is 0.350 e. The number of amides is 2. The van der Waals surface area contributed by atoms with Gasteiger partial charge >= 0.3 is 0 Å². The number of benzene rings is 1. The van der Waals surface area contributed by atoms with Gasteiger partial charge in [-0.3, -0.25) is 9.59 Å². The Balaban J connectivity index is 2.08. The smallest absolute Gasteiger partial charge is 0.274 e. The van der Waals surface area contributed by atoms with Gasteiger partial charge in [0.15, 0.2) is 5.69 Å². The van der Waals surface area contributed by atoms with Crippen molar-refractivity contribution < 1.29 is 9.59 Å². The summed E-state index contributed by atoms with van der Waals surface area (Å²) in [5.74, 6) is -0.722. The van der Waals surface area contributed by atoms with E-state index in [4.69, 9.17) is 11.6 Å². The normalized spacial score (nSPS) is 11.2. The quantitative estimate of drug-likeness (QED) is 0.882. The van der Waals surface area contributed by atoms with Gasteiger partial charge in [0.2, 0.25) is 5.91 Å². The molecule has 2 N–H and O–H groups in total. The molecule has 1 aromatic heterocycles. The first-order chi connectivity index (χ1) is 11.2. The van der Waals surface area contributed by atoms with Crippen LogP contribution in [-0.4, -0.2) is 38.9 Å². The average Bonchev–Trinajstić information content (AvgIpc) is 2.85. The molecule has 128 valence electrons. The van der Waals surface area contributed by atoms with E-state index in [0.29, 0.717) is 16.4 Å². The zero-order valence-corrected chi connectivity index (χ0v) is 14.8. The van der Waals surface area contributed by atoms with Crippen molar-refractivity contribution in [2.75, 3.05) is 6.54 Å². The van der Waals surface area contributed by atoms with Crippen molar-refractivity contribution in [3.63, 3.8) is 0 Å². The molecule has 1 heterocycles. The topological polar surface area (TPSA) is 88.9 Å². The lowest BCUT2D eigenvalue weighted by atomic mass is 10.1. The van der Waals surface area contributed by atoms with E-state index in [1.807, 2.05) is 26.8 Å². The van der Waals surface area contributed by atoms with Gasteiger partial charge < -0.3 is 10.6 Å². The minimum absolute atomic E-state index is 0.125. The fourth-order valence-corrected chi connectivity index (χ4v) is 2.28. The van der Waals surface area contributed by atoms with Crippen molar-refractivity contribution in [1.29, 1.82) is 0 Å². The Morgan fingerprint density at radius 3 is 2.62 bits per heavy atom. The van der Waals surface area contributed by atoms with Gasteiger partial charge in [-0.05, 0) is 45.9 Å². The van der Waals surface area contributed by atoms with E-state index < -0.39 is 5.91 Å². The molecule has 0 aliphatic carbocycles. The van der Waals surface area contributed by atoms with Crippen LogP contribution in [0.2, 0.25) is 5.02 Å². The van der Waals surface area contributed by atoms with Gasteiger partial charge in [-0.1, -0.05) is 22.9 Å². The fraction of sp³-hybridized carbons (Fsp3) is 0.375. The Morgan fingerprint density at radius 2 is 2.00 bits per heavy atom. The third kappa shape index (κ3) is 4.55. The first-order valence-corrected chi connectivity index (χ1v) is 7.82. The monoisotopic (exact) mass is 349 g/mol. The minimum atomic E-state index is -0.454. The Bertz CT molecular complexity index is 764. The predicted octanol–water partition coefficient (Wildman–Crippen LogP) is 1.87. The van der Waals surface area contributed by atoms with Gasteiger partial charge in [0.05, 0.1) is 17.9 Å². The lowest BCUT2D eigenvalue weighted by Gasteiger charge is -2.20. The van der Waals surface area contributed by atoms with Crippen LogP contribution in [0, 0.1) is 6.92 Å². The zero-order valence-electron chi connectivity index (χ0n) is 14.1. The lowest BCUT2D eigenvalue weighted by Crippen LogP contribution is -2.45. The molecular formula is C16H20ClN5O2. The number of hydrogen-bond donors (Lipinski definition) is 2. The molecule has 2 aromatic rings. The second-order valence-electron chi connectivity index (χ2n) is 6.40. The number of nitrogens with one attached hydrogen (secondary N) is 2. The maximum atomic E-state index is 12.2. The van der Waals surface area contributed by atoms with E-state index in [2.05, 4.69) is 20.9 Å². The summed E-state index contributed by atoms with van der Waals surface area (Å²) in [5, 5.41) is 13.8. The van der Waals surface area contributed by atoms with Crippen LogP contribution in [0.15, 0.2) is 24.3 Å². The molecule has 0 spiro atoms. The van der Waals surface area contributed by atoms with Crippen LogP contribution in [0.25, 0.3) is 5.69 Å². The van der Waals surface area contributed by atoms with Gasteiger partial charge in [0.1, 0.15) is 0 Å². The molecule has 2 amide bonds. The van der Waals surface area contributed by atoms with Crippen molar-refractivity contribution in [2.24, 2.45) is 0 Å². The molecule has 0 bridgehead atoms. The third-order valence-electron chi connectivity index (χ3n) is 3.09. The van der Waals surface area contributed by atoms with Gasteiger partial charge in [0, 0.05) is 10.6 Å². The lowest BCUT2D eigenvalue weighted by molar-refractivity contribution is -0.121. The van der Waals surface area contributed by atoms with Crippen molar-refractivity contribution in [1.82, 2.24) is 25.6 Å².